The molecule has 0 radical (unpaired) electrons. The highest BCUT2D eigenvalue weighted by Crippen LogP contribution is 2.12. The number of carbonyl (C=O) groups is 1. The van der Waals surface area contributed by atoms with Crippen molar-refractivity contribution in [2.75, 3.05) is 6.54 Å². The summed E-state index contributed by atoms with van der Waals surface area (Å²) in [5, 5.41) is 2.91. The molecule has 18 heavy (non-hydrogen) atoms. The molecule has 0 rings (SSSR count). The minimum absolute atomic E-state index is 0.0126. The summed E-state index contributed by atoms with van der Waals surface area (Å²) in [4.78, 5) is 11.3. The van der Waals surface area contributed by atoms with Gasteiger partial charge < -0.3 is 5.32 Å². The molecule has 0 saturated carbocycles. The van der Waals surface area contributed by atoms with Gasteiger partial charge in [-0.25, -0.2) is 0 Å². The number of rotatable bonds is 11. The molecule has 0 aromatic carbocycles. The molecule has 1 unspecified atom stereocenters. The topological polar surface area (TPSA) is 29.1 Å². The van der Waals surface area contributed by atoms with Crippen molar-refractivity contribution in [1.29, 1.82) is 0 Å². The van der Waals surface area contributed by atoms with E-state index >= 15 is 0 Å². The molecule has 106 valence electrons. The highest BCUT2D eigenvalue weighted by molar-refractivity contribution is 5.92. The predicted octanol–water partition coefficient (Wildman–Crippen LogP) is 4.46. The van der Waals surface area contributed by atoms with Gasteiger partial charge in [-0.05, 0) is 19.3 Å². The standard InChI is InChI=1S/C16H31NO/c1-5-6-7-8-9-10-11-12-15(4)13-17-16(18)14(2)3/h15H,2,5-13H2,1,3-4H3,(H,17,18). The van der Waals surface area contributed by atoms with E-state index in [1.54, 1.807) is 6.92 Å². The molecule has 0 saturated heterocycles. The van der Waals surface area contributed by atoms with Gasteiger partial charge in [0.05, 0.1) is 0 Å². The van der Waals surface area contributed by atoms with E-state index in [-0.39, 0.29) is 5.91 Å². The van der Waals surface area contributed by atoms with Crippen molar-refractivity contribution in [3.05, 3.63) is 12.2 Å². The summed E-state index contributed by atoms with van der Waals surface area (Å²) >= 11 is 0. The molecule has 2 nitrogen and oxygen atoms in total. The summed E-state index contributed by atoms with van der Waals surface area (Å²) in [6.45, 7) is 10.6. The first-order chi connectivity index (χ1) is 8.57. The Morgan fingerprint density at radius 2 is 1.67 bits per heavy atom. The quantitative estimate of drug-likeness (QED) is 0.427. The third-order valence-corrected chi connectivity index (χ3v) is 3.30. The van der Waals surface area contributed by atoms with Gasteiger partial charge in [-0.3, -0.25) is 4.79 Å². The van der Waals surface area contributed by atoms with Crippen molar-refractivity contribution < 1.29 is 4.79 Å². The Balaban J connectivity index is 3.34. The van der Waals surface area contributed by atoms with Crippen molar-refractivity contribution in [3.63, 3.8) is 0 Å². The number of hydrogen-bond acceptors (Lipinski definition) is 1. The summed E-state index contributed by atoms with van der Waals surface area (Å²) < 4.78 is 0. The average Bonchev–Trinajstić information content (AvgIpc) is 2.34. The number of amides is 1. The van der Waals surface area contributed by atoms with Crippen LogP contribution in [0.15, 0.2) is 12.2 Å². The van der Waals surface area contributed by atoms with Crippen LogP contribution >= 0.6 is 0 Å². The van der Waals surface area contributed by atoms with Gasteiger partial charge in [0, 0.05) is 12.1 Å². The van der Waals surface area contributed by atoms with E-state index in [1.165, 1.54) is 51.4 Å². The third kappa shape index (κ3) is 10.4. The Bertz CT molecular complexity index is 235. The fourth-order valence-corrected chi connectivity index (χ4v) is 1.97. The van der Waals surface area contributed by atoms with Gasteiger partial charge in [-0.15, -0.1) is 0 Å². The van der Waals surface area contributed by atoms with Gasteiger partial charge in [-0.2, -0.15) is 0 Å². The Kier molecular flexibility index (Phi) is 10.8. The van der Waals surface area contributed by atoms with Crippen LogP contribution in [0.25, 0.3) is 0 Å². The lowest BCUT2D eigenvalue weighted by Gasteiger charge is -2.12. The molecular formula is C16H31NO. The van der Waals surface area contributed by atoms with Crippen molar-refractivity contribution in [2.24, 2.45) is 5.92 Å². The molecule has 1 N–H and O–H groups in total. The third-order valence-electron chi connectivity index (χ3n) is 3.30. The van der Waals surface area contributed by atoms with Crippen LogP contribution < -0.4 is 5.32 Å². The molecule has 2 heteroatoms. The maximum Gasteiger partial charge on any atom is 0.246 e. The predicted molar refractivity (Wildman–Crippen MR) is 79.6 cm³/mol. The van der Waals surface area contributed by atoms with E-state index < -0.39 is 0 Å². The number of nitrogens with one attached hydrogen (secondary N) is 1. The van der Waals surface area contributed by atoms with Gasteiger partial charge in [0.1, 0.15) is 0 Å². The second-order valence-electron chi connectivity index (χ2n) is 5.51. The first-order valence-corrected chi connectivity index (χ1v) is 7.51. The van der Waals surface area contributed by atoms with Crippen LogP contribution in [0, 0.1) is 5.92 Å². The van der Waals surface area contributed by atoms with Crippen LogP contribution in [0.4, 0.5) is 0 Å². The van der Waals surface area contributed by atoms with Crippen molar-refractivity contribution >= 4 is 5.91 Å². The Morgan fingerprint density at radius 3 is 2.22 bits per heavy atom. The summed E-state index contributed by atoms with van der Waals surface area (Å²) in [5.41, 5.74) is 0.595. The molecule has 0 aliphatic carbocycles. The van der Waals surface area contributed by atoms with Crippen LogP contribution in [0.1, 0.15) is 72.1 Å². The molecule has 0 heterocycles. The summed E-state index contributed by atoms with van der Waals surface area (Å²) in [7, 11) is 0. The molecule has 1 amide bonds. The molecular weight excluding hydrogens is 222 g/mol. The summed E-state index contributed by atoms with van der Waals surface area (Å²) in [6, 6.07) is 0. The molecule has 0 bridgehead atoms. The lowest BCUT2D eigenvalue weighted by atomic mass is 10.0. The first kappa shape index (κ1) is 17.2. The van der Waals surface area contributed by atoms with Gasteiger partial charge in [0.2, 0.25) is 5.91 Å². The maximum absolute atomic E-state index is 11.3. The van der Waals surface area contributed by atoms with E-state index in [9.17, 15) is 4.79 Å². The number of unbranched alkanes of at least 4 members (excludes halogenated alkanes) is 6. The minimum atomic E-state index is -0.0126. The minimum Gasteiger partial charge on any atom is -0.352 e. The zero-order valence-corrected chi connectivity index (χ0v) is 12.6. The van der Waals surface area contributed by atoms with E-state index in [4.69, 9.17) is 0 Å². The largest absolute Gasteiger partial charge is 0.352 e. The van der Waals surface area contributed by atoms with Crippen LogP contribution in [0.2, 0.25) is 0 Å². The van der Waals surface area contributed by atoms with E-state index in [1.807, 2.05) is 0 Å². The Morgan fingerprint density at radius 1 is 1.11 bits per heavy atom. The van der Waals surface area contributed by atoms with Gasteiger partial charge in [-0.1, -0.05) is 65.4 Å². The Hall–Kier alpha value is -0.790. The zero-order chi connectivity index (χ0) is 13.8. The zero-order valence-electron chi connectivity index (χ0n) is 12.6. The Labute approximate surface area is 113 Å². The molecule has 1 atom stereocenters. The average molecular weight is 253 g/mol. The van der Waals surface area contributed by atoms with Crippen LogP contribution in [0.3, 0.4) is 0 Å². The lowest BCUT2D eigenvalue weighted by Crippen LogP contribution is -2.28. The molecule has 0 aromatic heterocycles. The van der Waals surface area contributed by atoms with E-state index in [0.717, 1.165) is 6.54 Å². The SMILES string of the molecule is C=C(C)C(=O)NCC(C)CCCCCCCCC. The second kappa shape index (κ2) is 11.3. The monoisotopic (exact) mass is 253 g/mol. The van der Waals surface area contributed by atoms with Crippen LogP contribution in [-0.2, 0) is 4.79 Å². The molecule has 0 aromatic rings. The second-order valence-corrected chi connectivity index (χ2v) is 5.51. The van der Waals surface area contributed by atoms with Gasteiger partial charge in [0.15, 0.2) is 0 Å². The number of carbonyl (C=O) groups excluding carboxylic acids is 1. The van der Waals surface area contributed by atoms with Gasteiger partial charge in [0.25, 0.3) is 0 Å². The smallest absolute Gasteiger partial charge is 0.246 e. The van der Waals surface area contributed by atoms with E-state index in [2.05, 4.69) is 25.7 Å². The summed E-state index contributed by atoms with van der Waals surface area (Å²) in [6.07, 6.45) is 10.7. The van der Waals surface area contributed by atoms with Crippen LogP contribution in [0.5, 0.6) is 0 Å². The highest BCUT2D eigenvalue weighted by Gasteiger charge is 2.05. The first-order valence-electron chi connectivity index (χ1n) is 7.51. The molecule has 0 aliphatic rings. The number of hydrogen-bond donors (Lipinski definition) is 1. The molecule has 0 fully saturated rings. The fourth-order valence-electron chi connectivity index (χ4n) is 1.97. The van der Waals surface area contributed by atoms with E-state index in [0.29, 0.717) is 11.5 Å². The molecule has 0 spiro atoms. The van der Waals surface area contributed by atoms with Gasteiger partial charge >= 0.3 is 0 Å². The van der Waals surface area contributed by atoms with Crippen LogP contribution in [-0.4, -0.2) is 12.5 Å². The lowest BCUT2D eigenvalue weighted by molar-refractivity contribution is -0.117. The maximum atomic E-state index is 11.3. The van der Waals surface area contributed by atoms with Crippen molar-refractivity contribution in [1.82, 2.24) is 5.32 Å². The van der Waals surface area contributed by atoms with Crippen molar-refractivity contribution in [2.45, 2.75) is 72.1 Å². The van der Waals surface area contributed by atoms with Crippen molar-refractivity contribution in [3.8, 4) is 0 Å². The normalized spacial score (nSPS) is 12.2. The fraction of sp³-hybridized carbons (Fsp3) is 0.812. The summed E-state index contributed by atoms with van der Waals surface area (Å²) in [5.74, 6) is 0.561. The molecule has 0 aliphatic heterocycles. The highest BCUT2D eigenvalue weighted by atomic mass is 16.1.